The first kappa shape index (κ1) is 34.9. The summed E-state index contributed by atoms with van der Waals surface area (Å²) in [6.45, 7) is 0. The largest absolute Gasteiger partial charge is 0.455 e. The molecule has 0 amide bonds. The van der Waals surface area contributed by atoms with Gasteiger partial charge in [0.05, 0.1) is 22.1 Å². The number of benzene rings is 10. The van der Waals surface area contributed by atoms with Gasteiger partial charge in [-0.2, -0.15) is 0 Å². The average molecular weight is 809 g/mol. The first-order chi connectivity index (χ1) is 30.7. The first-order valence-electron chi connectivity index (χ1n) is 21.1. The molecule has 3 nitrogen and oxygen atoms in total. The van der Waals surface area contributed by atoms with Crippen molar-refractivity contribution in [3.8, 4) is 27.9 Å². The Bertz CT molecular complexity index is 3870. The Morgan fingerprint density at radius 1 is 0.403 bits per heavy atom. The molecule has 3 aromatic heterocycles. The molecular weight excluding hydrogens is 773 g/mol. The van der Waals surface area contributed by atoms with Gasteiger partial charge >= 0.3 is 0 Å². The van der Waals surface area contributed by atoms with Gasteiger partial charge in [0.1, 0.15) is 11.2 Å². The van der Waals surface area contributed by atoms with Gasteiger partial charge in [-0.05, 0) is 107 Å². The molecule has 0 aliphatic heterocycles. The molecule has 0 N–H and O–H groups in total. The van der Waals surface area contributed by atoms with Crippen LogP contribution in [0.4, 0.5) is 17.1 Å². The SMILES string of the molecule is c1ccc(-n2c3ccccc3c3c(-c4cccc(N(c5ccc(-c6ccc7c(c6)sc6ccccc67)cc5)c5cccc6oc7c8ccccc8ccc7c56)c4)cccc32)cc1. The summed E-state index contributed by atoms with van der Waals surface area (Å²) < 4.78 is 11.8. The molecule has 0 fully saturated rings. The zero-order chi connectivity index (χ0) is 40.7. The van der Waals surface area contributed by atoms with Crippen LogP contribution in [-0.2, 0) is 0 Å². The molecule has 0 radical (unpaired) electrons. The van der Waals surface area contributed by atoms with E-state index in [-0.39, 0.29) is 0 Å². The van der Waals surface area contributed by atoms with Gasteiger partial charge in [0, 0.05) is 58.8 Å². The Morgan fingerprint density at radius 3 is 2.02 bits per heavy atom. The quantitative estimate of drug-likeness (QED) is 0.167. The fourth-order valence-corrected chi connectivity index (χ4v) is 10.9. The van der Waals surface area contributed by atoms with Crippen molar-refractivity contribution < 1.29 is 4.42 Å². The third kappa shape index (κ3) is 5.37. The summed E-state index contributed by atoms with van der Waals surface area (Å²) in [6.07, 6.45) is 0. The van der Waals surface area contributed by atoms with E-state index >= 15 is 0 Å². The van der Waals surface area contributed by atoms with Crippen molar-refractivity contribution in [1.82, 2.24) is 4.57 Å². The zero-order valence-corrected chi connectivity index (χ0v) is 34.3. The molecule has 290 valence electrons. The van der Waals surface area contributed by atoms with E-state index in [9.17, 15) is 0 Å². The third-order valence-electron chi connectivity index (χ3n) is 12.6. The molecule has 4 heteroatoms. The van der Waals surface area contributed by atoms with Gasteiger partial charge in [0.2, 0.25) is 0 Å². The molecular formula is C58H36N2OS. The summed E-state index contributed by atoms with van der Waals surface area (Å²) in [5.41, 5.74) is 13.2. The van der Waals surface area contributed by atoms with Crippen LogP contribution < -0.4 is 4.90 Å². The van der Waals surface area contributed by atoms with Crippen molar-refractivity contribution in [2.75, 3.05) is 4.90 Å². The lowest BCUT2D eigenvalue weighted by Gasteiger charge is -2.27. The van der Waals surface area contributed by atoms with Crippen LogP contribution in [0, 0.1) is 0 Å². The number of thiophene rings is 1. The van der Waals surface area contributed by atoms with Crippen LogP contribution in [0.25, 0.3) is 103 Å². The highest BCUT2D eigenvalue weighted by molar-refractivity contribution is 7.25. The lowest BCUT2D eigenvalue weighted by atomic mass is 9.98. The number of hydrogen-bond donors (Lipinski definition) is 0. The molecule has 0 bridgehead atoms. The average Bonchev–Trinajstić information content (AvgIpc) is 4.02. The lowest BCUT2D eigenvalue weighted by Crippen LogP contribution is -2.10. The van der Waals surface area contributed by atoms with Crippen LogP contribution in [0.5, 0.6) is 0 Å². The molecule has 13 aromatic rings. The van der Waals surface area contributed by atoms with Crippen LogP contribution in [0.1, 0.15) is 0 Å². The van der Waals surface area contributed by atoms with Crippen molar-refractivity contribution in [3.63, 3.8) is 0 Å². The van der Waals surface area contributed by atoms with Crippen molar-refractivity contribution in [1.29, 1.82) is 0 Å². The van der Waals surface area contributed by atoms with E-state index in [1.54, 1.807) is 0 Å². The Balaban J connectivity index is 1.01. The molecule has 13 rings (SSSR count). The van der Waals surface area contributed by atoms with E-state index < -0.39 is 0 Å². The highest BCUT2D eigenvalue weighted by Crippen LogP contribution is 2.46. The number of anilines is 3. The molecule has 0 saturated heterocycles. The lowest BCUT2D eigenvalue weighted by molar-refractivity contribution is 0.672. The smallest absolute Gasteiger partial charge is 0.143 e. The number of nitrogens with zero attached hydrogens (tertiary/aromatic N) is 2. The van der Waals surface area contributed by atoms with Crippen molar-refractivity contribution in [2.45, 2.75) is 0 Å². The number of fused-ring (bicyclic) bond motifs is 11. The van der Waals surface area contributed by atoms with Crippen molar-refractivity contribution in [3.05, 3.63) is 218 Å². The standard InChI is InChI=1S/C58H36N2OS/c1-2-15-41(16-3-1)60-50-22-8-6-20-48(50)56-44(21-11-23-51(56)60)40-14-10-17-43(35-40)59(52-24-12-25-53-57(52)49-34-29-38-13-4-5-18-45(38)58(49)61-53)42-31-27-37(28-32-42)39-30-33-47-46-19-7-9-26-54(46)62-55(47)36-39/h1-36H. The molecule has 0 saturated carbocycles. The molecule has 3 heterocycles. The van der Waals surface area contributed by atoms with Gasteiger partial charge in [-0.3, -0.25) is 0 Å². The van der Waals surface area contributed by atoms with E-state index in [0.717, 1.165) is 61.0 Å². The summed E-state index contributed by atoms with van der Waals surface area (Å²) in [6, 6.07) is 79.2. The van der Waals surface area contributed by atoms with Crippen LogP contribution in [0.2, 0.25) is 0 Å². The summed E-state index contributed by atoms with van der Waals surface area (Å²) in [5, 5.41) is 9.57. The van der Waals surface area contributed by atoms with Gasteiger partial charge < -0.3 is 13.9 Å². The minimum atomic E-state index is 0.863. The normalized spacial score (nSPS) is 11.9. The van der Waals surface area contributed by atoms with E-state index in [1.165, 1.54) is 58.7 Å². The Morgan fingerprint density at radius 2 is 1.11 bits per heavy atom. The molecule has 0 aliphatic carbocycles. The summed E-state index contributed by atoms with van der Waals surface area (Å²) in [4.78, 5) is 2.41. The zero-order valence-electron chi connectivity index (χ0n) is 33.5. The van der Waals surface area contributed by atoms with Crippen LogP contribution >= 0.6 is 11.3 Å². The highest BCUT2D eigenvalue weighted by Gasteiger charge is 2.22. The maximum atomic E-state index is 6.76. The van der Waals surface area contributed by atoms with Crippen molar-refractivity contribution in [2.24, 2.45) is 0 Å². The van der Waals surface area contributed by atoms with Crippen LogP contribution in [0.3, 0.4) is 0 Å². The van der Waals surface area contributed by atoms with Gasteiger partial charge in [-0.1, -0.05) is 140 Å². The number of para-hydroxylation sites is 2. The fourth-order valence-electron chi connectivity index (χ4n) is 9.78. The van der Waals surface area contributed by atoms with Gasteiger partial charge in [0.25, 0.3) is 0 Å². The molecule has 0 unspecified atom stereocenters. The second kappa shape index (κ2) is 13.8. The van der Waals surface area contributed by atoms with Crippen LogP contribution in [-0.4, -0.2) is 4.57 Å². The number of aromatic nitrogens is 1. The minimum absolute atomic E-state index is 0.863. The topological polar surface area (TPSA) is 21.3 Å². The Labute approximate surface area is 361 Å². The van der Waals surface area contributed by atoms with Crippen LogP contribution in [0.15, 0.2) is 223 Å². The van der Waals surface area contributed by atoms with Crippen molar-refractivity contribution >= 4 is 103 Å². The second-order valence-electron chi connectivity index (χ2n) is 16.0. The van der Waals surface area contributed by atoms with Gasteiger partial charge in [0.15, 0.2) is 0 Å². The Hall–Kier alpha value is -7.92. The van der Waals surface area contributed by atoms with E-state index in [0.29, 0.717) is 0 Å². The molecule has 62 heavy (non-hydrogen) atoms. The predicted molar refractivity (Wildman–Crippen MR) is 264 cm³/mol. The summed E-state index contributed by atoms with van der Waals surface area (Å²) >= 11 is 1.86. The molecule has 0 atom stereocenters. The number of hydrogen-bond acceptors (Lipinski definition) is 3. The fraction of sp³-hybridized carbons (Fsp3) is 0. The third-order valence-corrected chi connectivity index (χ3v) is 13.7. The predicted octanol–water partition coefficient (Wildman–Crippen LogP) is 17.0. The molecule has 10 aromatic carbocycles. The second-order valence-corrected chi connectivity index (χ2v) is 17.1. The minimum Gasteiger partial charge on any atom is -0.455 e. The first-order valence-corrected chi connectivity index (χ1v) is 21.9. The number of furan rings is 1. The monoisotopic (exact) mass is 808 g/mol. The summed E-state index contributed by atoms with van der Waals surface area (Å²) in [5.74, 6) is 0. The molecule has 0 aliphatic rings. The number of rotatable bonds is 6. The maximum Gasteiger partial charge on any atom is 0.143 e. The van der Waals surface area contributed by atoms with Gasteiger partial charge in [-0.25, -0.2) is 0 Å². The van der Waals surface area contributed by atoms with E-state index in [4.69, 9.17) is 4.42 Å². The molecule has 0 spiro atoms. The maximum absolute atomic E-state index is 6.76. The Kier molecular flexibility index (Phi) is 7.78. The highest BCUT2D eigenvalue weighted by atomic mass is 32.1. The van der Waals surface area contributed by atoms with Gasteiger partial charge in [-0.15, -0.1) is 11.3 Å². The van der Waals surface area contributed by atoms with E-state index in [2.05, 4.69) is 228 Å². The van der Waals surface area contributed by atoms with E-state index in [1.807, 2.05) is 11.3 Å². The summed E-state index contributed by atoms with van der Waals surface area (Å²) in [7, 11) is 0.